The van der Waals surface area contributed by atoms with Crippen LogP contribution < -0.4 is 0 Å². The lowest BCUT2D eigenvalue weighted by molar-refractivity contribution is -0.137. The number of nitrogens with zero attached hydrogens (tertiary/aromatic N) is 1. The molecule has 2 aromatic rings. The summed E-state index contributed by atoms with van der Waals surface area (Å²) in [6.45, 7) is 4.59. The maximum atomic E-state index is 11.6. The summed E-state index contributed by atoms with van der Waals surface area (Å²) >= 11 is 1.59. The average molecular weight is 301 g/mol. The van der Waals surface area contributed by atoms with Gasteiger partial charge in [0.1, 0.15) is 5.01 Å². The zero-order valence-corrected chi connectivity index (χ0v) is 13.2. The van der Waals surface area contributed by atoms with Crippen LogP contribution in [0.1, 0.15) is 30.9 Å². The summed E-state index contributed by atoms with van der Waals surface area (Å²) in [4.78, 5) is 16.0. The number of esters is 1. The third-order valence-electron chi connectivity index (χ3n) is 3.01. The SMILES string of the molecule is CCCCOC(=O)/C=C/c1ccc(C)cc1-c1nccs1. The number of benzene rings is 1. The minimum Gasteiger partial charge on any atom is -0.463 e. The van der Waals surface area contributed by atoms with Gasteiger partial charge in [-0.2, -0.15) is 0 Å². The molecule has 0 bridgehead atoms. The molecular formula is C17H19NO2S. The Bertz CT molecular complexity index is 618. The van der Waals surface area contributed by atoms with Gasteiger partial charge in [0.2, 0.25) is 0 Å². The molecule has 0 radical (unpaired) electrons. The summed E-state index contributed by atoms with van der Waals surface area (Å²) in [5.41, 5.74) is 3.19. The zero-order chi connectivity index (χ0) is 15.1. The van der Waals surface area contributed by atoms with Gasteiger partial charge in [-0.05, 0) is 31.1 Å². The Balaban J connectivity index is 2.15. The van der Waals surface area contributed by atoms with E-state index in [1.165, 1.54) is 11.6 Å². The van der Waals surface area contributed by atoms with Crippen LogP contribution in [0.4, 0.5) is 0 Å². The van der Waals surface area contributed by atoms with Crippen LogP contribution in [0, 0.1) is 6.92 Å². The van der Waals surface area contributed by atoms with E-state index >= 15 is 0 Å². The van der Waals surface area contributed by atoms with Crippen molar-refractivity contribution in [1.29, 1.82) is 0 Å². The van der Waals surface area contributed by atoms with Crippen molar-refractivity contribution in [1.82, 2.24) is 4.98 Å². The number of aryl methyl sites for hydroxylation is 1. The molecule has 0 fully saturated rings. The van der Waals surface area contributed by atoms with Gasteiger partial charge < -0.3 is 4.74 Å². The first-order valence-corrected chi connectivity index (χ1v) is 7.94. The van der Waals surface area contributed by atoms with Gasteiger partial charge >= 0.3 is 5.97 Å². The number of ether oxygens (including phenoxy) is 1. The van der Waals surface area contributed by atoms with Gasteiger partial charge in [-0.15, -0.1) is 11.3 Å². The van der Waals surface area contributed by atoms with E-state index in [2.05, 4.69) is 18.0 Å². The van der Waals surface area contributed by atoms with Crippen LogP contribution >= 0.6 is 11.3 Å². The molecule has 0 atom stereocenters. The molecule has 0 amide bonds. The van der Waals surface area contributed by atoms with Crippen molar-refractivity contribution in [2.75, 3.05) is 6.61 Å². The molecule has 0 aliphatic heterocycles. The lowest BCUT2D eigenvalue weighted by Crippen LogP contribution is -2.01. The van der Waals surface area contributed by atoms with Crippen LogP contribution in [0.5, 0.6) is 0 Å². The number of carbonyl (C=O) groups is 1. The minimum atomic E-state index is -0.297. The third-order valence-corrected chi connectivity index (χ3v) is 3.82. The minimum absolute atomic E-state index is 0.297. The Morgan fingerprint density at radius 1 is 1.43 bits per heavy atom. The molecule has 0 saturated carbocycles. The molecule has 0 aliphatic carbocycles. The van der Waals surface area contributed by atoms with Gasteiger partial charge in [-0.3, -0.25) is 0 Å². The highest BCUT2D eigenvalue weighted by atomic mass is 32.1. The Labute approximate surface area is 129 Å². The Hall–Kier alpha value is -1.94. The van der Waals surface area contributed by atoms with Crippen molar-refractivity contribution >= 4 is 23.4 Å². The highest BCUT2D eigenvalue weighted by molar-refractivity contribution is 7.13. The van der Waals surface area contributed by atoms with Crippen LogP contribution in [0.15, 0.2) is 35.9 Å². The van der Waals surface area contributed by atoms with E-state index in [-0.39, 0.29) is 5.97 Å². The van der Waals surface area contributed by atoms with E-state index < -0.39 is 0 Å². The van der Waals surface area contributed by atoms with E-state index in [0.717, 1.165) is 29.0 Å². The van der Waals surface area contributed by atoms with Gasteiger partial charge in [0.15, 0.2) is 0 Å². The lowest BCUT2D eigenvalue weighted by atomic mass is 10.0. The summed E-state index contributed by atoms with van der Waals surface area (Å²) < 4.78 is 5.12. The highest BCUT2D eigenvalue weighted by Gasteiger charge is 2.06. The van der Waals surface area contributed by atoms with Crippen LogP contribution in [0.2, 0.25) is 0 Å². The topological polar surface area (TPSA) is 39.2 Å². The number of hydrogen-bond acceptors (Lipinski definition) is 4. The van der Waals surface area contributed by atoms with Crippen molar-refractivity contribution in [3.63, 3.8) is 0 Å². The average Bonchev–Trinajstić information content (AvgIpc) is 3.00. The first kappa shape index (κ1) is 15.4. The summed E-state index contributed by atoms with van der Waals surface area (Å²) in [5.74, 6) is -0.297. The van der Waals surface area contributed by atoms with Crippen molar-refractivity contribution in [2.45, 2.75) is 26.7 Å². The Morgan fingerprint density at radius 3 is 3.00 bits per heavy atom. The highest BCUT2D eigenvalue weighted by Crippen LogP contribution is 2.27. The van der Waals surface area contributed by atoms with Gasteiger partial charge in [-0.25, -0.2) is 9.78 Å². The molecule has 110 valence electrons. The number of thiazole rings is 1. The molecule has 1 aromatic carbocycles. The molecule has 1 heterocycles. The largest absolute Gasteiger partial charge is 0.463 e. The summed E-state index contributed by atoms with van der Waals surface area (Å²) in [5, 5.41) is 2.90. The zero-order valence-electron chi connectivity index (χ0n) is 12.3. The monoisotopic (exact) mass is 301 g/mol. The van der Waals surface area contributed by atoms with Gasteiger partial charge in [0.05, 0.1) is 6.61 Å². The van der Waals surface area contributed by atoms with Crippen LogP contribution in [0.25, 0.3) is 16.6 Å². The molecular weight excluding hydrogens is 282 g/mol. The van der Waals surface area contributed by atoms with E-state index in [4.69, 9.17) is 4.74 Å². The van der Waals surface area contributed by atoms with Crippen molar-refractivity contribution in [2.24, 2.45) is 0 Å². The van der Waals surface area contributed by atoms with Crippen LogP contribution in [-0.2, 0) is 9.53 Å². The van der Waals surface area contributed by atoms with Gasteiger partial charge in [-0.1, -0.05) is 31.0 Å². The number of unbranched alkanes of at least 4 members (excludes halogenated alkanes) is 1. The second-order valence-electron chi connectivity index (χ2n) is 4.78. The molecule has 0 N–H and O–H groups in total. The predicted molar refractivity (Wildman–Crippen MR) is 87.2 cm³/mol. The van der Waals surface area contributed by atoms with E-state index in [0.29, 0.717) is 6.61 Å². The number of rotatable bonds is 6. The second kappa shape index (κ2) is 7.74. The van der Waals surface area contributed by atoms with E-state index in [1.807, 2.05) is 24.4 Å². The van der Waals surface area contributed by atoms with E-state index in [9.17, 15) is 4.79 Å². The van der Waals surface area contributed by atoms with Crippen molar-refractivity contribution in [3.8, 4) is 10.6 Å². The fourth-order valence-electron chi connectivity index (χ4n) is 1.88. The van der Waals surface area contributed by atoms with E-state index in [1.54, 1.807) is 23.6 Å². The molecule has 1 aromatic heterocycles. The standard InChI is InChI=1S/C17H19NO2S/c1-3-4-10-20-16(19)8-7-14-6-5-13(2)12-15(14)17-18-9-11-21-17/h5-9,11-12H,3-4,10H2,1-2H3/b8-7+. The Morgan fingerprint density at radius 2 is 2.29 bits per heavy atom. The third kappa shape index (κ3) is 4.53. The number of carbonyl (C=O) groups excluding carboxylic acids is 1. The number of aromatic nitrogens is 1. The molecule has 2 rings (SSSR count). The molecule has 0 unspecified atom stereocenters. The number of hydrogen-bond donors (Lipinski definition) is 0. The summed E-state index contributed by atoms with van der Waals surface area (Å²) in [6, 6.07) is 6.11. The first-order chi connectivity index (χ1) is 10.2. The van der Waals surface area contributed by atoms with Crippen LogP contribution in [-0.4, -0.2) is 17.6 Å². The fraction of sp³-hybridized carbons (Fsp3) is 0.294. The van der Waals surface area contributed by atoms with Crippen molar-refractivity contribution < 1.29 is 9.53 Å². The summed E-state index contributed by atoms with van der Waals surface area (Å²) in [7, 11) is 0. The first-order valence-electron chi connectivity index (χ1n) is 7.06. The molecule has 0 saturated heterocycles. The second-order valence-corrected chi connectivity index (χ2v) is 5.68. The smallest absolute Gasteiger partial charge is 0.330 e. The molecule has 3 nitrogen and oxygen atoms in total. The summed E-state index contributed by atoms with van der Waals surface area (Å²) in [6.07, 6.45) is 6.98. The van der Waals surface area contributed by atoms with Crippen molar-refractivity contribution in [3.05, 3.63) is 47.0 Å². The normalized spacial score (nSPS) is 11.0. The fourth-order valence-corrected chi connectivity index (χ4v) is 2.56. The Kier molecular flexibility index (Phi) is 5.69. The molecule has 0 aliphatic rings. The van der Waals surface area contributed by atoms with Crippen LogP contribution in [0.3, 0.4) is 0 Å². The molecule has 0 spiro atoms. The van der Waals surface area contributed by atoms with Gasteiger partial charge in [0, 0.05) is 23.2 Å². The maximum absolute atomic E-state index is 11.6. The molecule has 21 heavy (non-hydrogen) atoms. The lowest BCUT2D eigenvalue weighted by Gasteiger charge is -2.05. The predicted octanol–water partition coefficient (Wildman–Crippen LogP) is 4.48. The maximum Gasteiger partial charge on any atom is 0.330 e. The molecule has 4 heteroatoms. The van der Waals surface area contributed by atoms with Gasteiger partial charge in [0.25, 0.3) is 0 Å². The quantitative estimate of drug-likeness (QED) is 0.449.